The summed E-state index contributed by atoms with van der Waals surface area (Å²) in [4.78, 5) is 6.93. The van der Waals surface area contributed by atoms with Crippen molar-refractivity contribution in [2.24, 2.45) is 0 Å². The quantitative estimate of drug-likeness (QED) is 0.550. The summed E-state index contributed by atoms with van der Waals surface area (Å²) in [5.74, 6) is -1.96. The van der Waals surface area contributed by atoms with E-state index in [4.69, 9.17) is 17.2 Å². The van der Waals surface area contributed by atoms with Crippen LogP contribution in [0.15, 0.2) is 18.2 Å². The molecule has 0 aliphatic rings. The first-order chi connectivity index (χ1) is 9.18. The van der Waals surface area contributed by atoms with Gasteiger partial charge in [-0.3, -0.25) is 0 Å². The molecule has 20 heavy (non-hydrogen) atoms. The molecule has 0 bridgehead atoms. The number of benzene rings is 1. The normalized spacial score (nSPS) is 11.6. The van der Waals surface area contributed by atoms with Crippen LogP contribution >= 0.6 is 0 Å². The van der Waals surface area contributed by atoms with E-state index in [1.54, 1.807) is 0 Å². The van der Waals surface area contributed by atoms with Crippen LogP contribution in [-0.2, 0) is 6.18 Å². The van der Waals surface area contributed by atoms with E-state index < -0.39 is 29.1 Å². The van der Waals surface area contributed by atoms with E-state index in [0.29, 0.717) is 6.07 Å². The summed E-state index contributed by atoms with van der Waals surface area (Å²) in [6, 6.07) is 2.58. The first-order valence-electron chi connectivity index (χ1n) is 5.25. The fourth-order valence-corrected chi connectivity index (χ4v) is 1.63. The molecule has 2 aromatic rings. The number of anilines is 3. The van der Waals surface area contributed by atoms with Crippen molar-refractivity contribution >= 4 is 17.5 Å². The molecule has 1 heterocycles. The topological polar surface area (TPSA) is 104 Å². The van der Waals surface area contributed by atoms with Crippen molar-refractivity contribution in [2.45, 2.75) is 6.18 Å². The van der Waals surface area contributed by atoms with Crippen LogP contribution in [0.4, 0.5) is 35.0 Å². The maximum Gasteiger partial charge on any atom is 0.416 e. The average Bonchev–Trinajstić information content (AvgIpc) is 2.32. The van der Waals surface area contributed by atoms with Gasteiger partial charge in [-0.15, -0.1) is 0 Å². The second-order valence-corrected chi connectivity index (χ2v) is 3.97. The van der Waals surface area contributed by atoms with Gasteiger partial charge in [0.05, 0.1) is 5.56 Å². The molecule has 0 fully saturated rings. The smallest absolute Gasteiger partial charge is 0.399 e. The van der Waals surface area contributed by atoms with Gasteiger partial charge in [-0.25, -0.2) is 9.37 Å². The van der Waals surface area contributed by atoms with Crippen molar-refractivity contribution in [1.29, 1.82) is 0 Å². The first kappa shape index (κ1) is 13.8. The van der Waals surface area contributed by atoms with Gasteiger partial charge < -0.3 is 17.2 Å². The number of nitrogen functional groups attached to an aromatic ring is 3. The lowest BCUT2D eigenvalue weighted by molar-refractivity contribution is -0.137. The van der Waals surface area contributed by atoms with E-state index >= 15 is 0 Å². The number of nitrogens with two attached hydrogens (primary N) is 3. The van der Waals surface area contributed by atoms with Gasteiger partial charge in [-0.2, -0.15) is 18.2 Å². The summed E-state index contributed by atoms with van der Waals surface area (Å²) in [5, 5.41) is 0. The van der Waals surface area contributed by atoms with Crippen LogP contribution in [0.2, 0.25) is 0 Å². The minimum Gasteiger partial charge on any atom is -0.399 e. The van der Waals surface area contributed by atoms with E-state index in [0.717, 1.165) is 12.1 Å². The Labute approximate surface area is 110 Å². The number of hydrogen-bond acceptors (Lipinski definition) is 5. The fourth-order valence-electron chi connectivity index (χ4n) is 1.63. The molecule has 1 aromatic carbocycles. The molecule has 0 aliphatic carbocycles. The maximum atomic E-state index is 13.8. The Kier molecular flexibility index (Phi) is 3.12. The molecule has 0 radical (unpaired) electrons. The third-order valence-electron chi connectivity index (χ3n) is 2.45. The standard InChI is InChI=1S/C11H9F4N5/c12-7-8(19-10(18)20-9(7)17)4-1-5(11(13,14)15)3-6(16)2-4/h1-3H,16H2,(H4,17,18,19,20). The SMILES string of the molecule is Nc1cc(-c2nc(N)nc(N)c2F)cc(C(F)(F)F)c1. The van der Waals surface area contributed by atoms with Gasteiger partial charge in [0.2, 0.25) is 5.95 Å². The Morgan fingerprint density at radius 2 is 1.60 bits per heavy atom. The Morgan fingerprint density at radius 1 is 0.950 bits per heavy atom. The molecular formula is C11H9F4N5. The van der Waals surface area contributed by atoms with Gasteiger partial charge in [0, 0.05) is 11.3 Å². The summed E-state index contributed by atoms with van der Waals surface area (Å²) < 4.78 is 51.9. The molecule has 6 N–H and O–H groups in total. The molecule has 0 amide bonds. The van der Waals surface area contributed by atoms with E-state index in [2.05, 4.69) is 9.97 Å². The average molecular weight is 287 g/mol. The Hall–Kier alpha value is -2.58. The molecule has 5 nitrogen and oxygen atoms in total. The molecule has 9 heteroatoms. The van der Waals surface area contributed by atoms with E-state index in [1.807, 2.05) is 0 Å². The fraction of sp³-hybridized carbons (Fsp3) is 0.0909. The lowest BCUT2D eigenvalue weighted by atomic mass is 10.1. The first-order valence-corrected chi connectivity index (χ1v) is 5.25. The summed E-state index contributed by atoms with van der Waals surface area (Å²) in [6.45, 7) is 0. The highest BCUT2D eigenvalue weighted by molar-refractivity contribution is 5.69. The summed E-state index contributed by atoms with van der Waals surface area (Å²) in [5.41, 5.74) is 14.1. The highest BCUT2D eigenvalue weighted by atomic mass is 19.4. The van der Waals surface area contributed by atoms with Gasteiger partial charge >= 0.3 is 6.18 Å². The van der Waals surface area contributed by atoms with Crippen molar-refractivity contribution in [3.05, 3.63) is 29.6 Å². The number of nitrogens with zero attached hydrogens (tertiary/aromatic N) is 2. The van der Waals surface area contributed by atoms with Crippen molar-refractivity contribution in [2.75, 3.05) is 17.2 Å². The molecule has 0 saturated heterocycles. The summed E-state index contributed by atoms with van der Waals surface area (Å²) in [6.07, 6.45) is -4.62. The number of halogens is 4. The predicted octanol–water partition coefficient (Wildman–Crippen LogP) is 2.05. The van der Waals surface area contributed by atoms with Crippen molar-refractivity contribution < 1.29 is 17.6 Å². The zero-order chi connectivity index (χ0) is 15.1. The van der Waals surface area contributed by atoms with Crippen molar-refractivity contribution in [3.8, 4) is 11.3 Å². The highest BCUT2D eigenvalue weighted by Crippen LogP contribution is 2.34. The van der Waals surface area contributed by atoms with Crippen LogP contribution in [0.3, 0.4) is 0 Å². The maximum absolute atomic E-state index is 13.8. The van der Waals surface area contributed by atoms with Crippen LogP contribution in [0.25, 0.3) is 11.3 Å². The van der Waals surface area contributed by atoms with E-state index in [-0.39, 0.29) is 17.2 Å². The summed E-state index contributed by atoms with van der Waals surface area (Å²) >= 11 is 0. The Morgan fingerprint density at radius 3 is 2.20 bits per heavy atom. The lowest BCUT2D eigenvalue weighted by Crippen LogP contribution is -2.08. The second-order valence-electron chi connectivity index (χ2n) is 3.97. The van der Waals surface area contributed by atoms with Crippen LogP contribution < -0.4 is 17.2 Å². The van der Waals surface area contributed by atoms with Gasteiger partial charge in [0.25, 0.3) is 0 Å². The largest absolute Gasteiger partial charge is 0.416 e. The zero-order valence-electron chi connectivity index (χ0n) is 9.87. The highest BCUT2D eigenvalue weighted by Gasteiger charge is 2.31. The molecular weight excluding hydrogens is 278 g/mol. The van der Waals surface area contributed by atoms with Crippen molar-refractivity contribution in [1.82, 2.24) is 9.97 Å². The molecule has 0 spiro atoms. The van der Waals surface area contributed by atoms with Crippen LogP contribution in [0.5, 0.6) is 0 Å². The minimum absolute atomic E-state index is 0.185. The van der Waals surface area contributed by atoms with Crippen LogP contribution in [-0.4, -0.2) is 9.97 Å². The molecule has 2 rings (SSSR count). The predicted molar refractivity (Wildman–Crippen MR) is 65.7 cm³/mol. The van der Waals surface area contributed by atoms with E-state index in [1.165, 1.54) is 0 Å². The van der Waals surface area contributed by atoms with E-state index in [9.17, 15) is 17.6 Å². The molecule has 106 valence electrons. The number of rotatable bonds is 1. The third kappa shape index (κ3) is 2.56. The van der Waals surface area contributed by atoms with Gasteiger partial charge in [-0.1, -0.05) is 0 Å². The Balaban J connectivity index is 2.68. The van der Waals surface area contributed by atoms with Crippen LogP contribution in [0, 0.1) is 5.82 Å². The number of alkyl halides is 3. The van der Waals surface area contributed by atoms with Gasteiger partial charge in [0.15, 0.2) is 11.6 Å². The number of aromatic nitrogens is 2. The zero-order valence-corrected chi connectivity index (χ0v) is 9.87. The third-order valence-corrected chi connectivity index (χ3v) is 2.45. The molecule has 0 atom stereocenters. The van der Waals surface area contributed by atoms with Gasteiger partial charge in [-0.05, 0) is 18.2 Å². The van der Waals surface area contributed by atoms with Crippen LogP contribution in [0.1, 0.15) is 5.56 Å². The molecule has 1 aromatic heterocycles. The lowest BCUT2D eigenvalue weighted by Gasteiger charge is -2.11. The monoisotopic (exact) mass is 287 g/mol. The minimum atomic E-state index is -4.62. The van der Waals surface area contributed by atoms with Gasteiger partial charge in [0.1, 0.15) is 5.69 Å². The molecule has 0 unspecified atom stereocenters. The van der Waals surface area contributed by atoms with Crippen molar-refractivity contribution in [3.63, 3.8) is 0 Å². The summed E-state index contributed by atoms with van der Waals surface area (Å²) in [7, 11) is 0. The molecule has 0 saturated carbocycles. The number of hydrogen-bond donors (Lipinski definition) is 3. The molecule has 0 aliphatic heterocycles. The second kappa shape index (κ2) is 4.51. The Bertz CT molecular complexity index is 669.